The van der Waals surface area contributed by atoms with Crippen LogP contribution in [0.2, 0.25) is 0 Å². The minimum absolute atomic E-state index is 0.0891. The Morgan fingerprint density at radius 3 is 1.27 bits per heavy atom. The molecule has 52 heavy (non-hydrogen) atoms. The average Bonchev–Trinajstić information content (AvgIpc) is 3.10. The first-order chi connectivity index (χ1) is 25.2. The Labute approximate surface area is 324 Å². The summed E-state index contributed by atoms with van der Waals surface area (Å²) >= 11 is 0. The van der Waals surface area contributed by atoms with Crippen LogP contribution in [-0.2, 0) is 23.1 Å². The summed E-state index contributed by atoms with van der Waals surface area (Å²) in [5, 5.41) is 0. The van der Waals surface area contributed by atoms with E-state index in [0.717, 1.165) is 19.3 Å². The van der Waals surface area contributed by atoms with Crippen molar-refractivity contribution in [2.24, 2.45) is 0 Å². The van der Waals surface area contributed by atoms with E-state index in [1.165, 1.54) is 173 Å². The Bertz CT molecular complexity index is 830. The smallest absolute Gasteiger partial charge is 0.472 e. The summed E-state index contributed by atoms with van der Waals surface area (Å²) < 4.78 is 35.2. The highest BCUT2D eigenvalue weighted by Crippen LogP contribution is 2.43. The maximum atomic E-state index is 12.5. The molecule has 0 spiro atoms. The van der Waals surface area contributed by atoms with Gasteiger partial charge < -0.3 is 18.9 Å². The average molecular weight is 759 g/mol. The minimum Gasteiger partial charge on any atom is -0.498 e. The maximum absolute atomic E-state index is 12.5. The number of likely N-dealkylation sites (N-methyl/N-ethyl adjacent to an activating group) is 1. The predicted octanol–water partition coefficient (Wildman–Crippen LogP) is 14.0. The van der Waals surface area contributed by atoms with Crippen LogP contribution < -0.4 is 0 Å². The Hall–Kier alpha value is -0.850. The zero-order valence-corrected chi connectivity index (χ0v) is 36.2. The van der Waals surface area contributed by atoms with E-state index in [-0.39, 0.29) is 19.8 Å². The lowest BCUT2D eigenvalue weighted by molar-refractivity contribution is -0.870. The molecule has 0 bridgehead atoms. The van der Waals surface area contributed by atoms with Crippen molar-refractivity contribution < 1.29 is 32.5 Å². The van der Waals surface area contributed by atoms with Gasteiger partial charge in [-0.3, -0.25) is 9.05 Å². The van der Waals surface area contributed by atoms with Crippen LogP contribution in [0.3, 0.4) is 0 Å². The van der Waals surface area contributed by atoms with Gasteiger partial charge in [-0.25, -0.2) is 4.57 Å². The summed E-state index contributed by atoms with van der Waals surface area (Å²) in [5.74, 6) is 0. The monoisotopic (exact) mass is 759 g/mol. The van der Waals surface area contributed by atoms with Gasteiger partial charge in [-0.15, -0.1) is 0 Å². The van der Waals surface area contributed by atoms with Gasteiger partial charge in [-0.1, -0.05) is 181 Å². The number of nitrogens with zero attached hydrogens (tertiary/aromatic N) is 1. The molecule has 0 rings (SSSR count). The molecule has 0 aliphatic rings. The van der Waals surface area contributed by atoms with Gasteiger partial charge in [-0.05, 0) is 37.8 Å². The normalized spacial score (nSPS) is 14.0. The molecule has 1 N–H and O–H groups in total. The summed E-state index contributed by atoms with van der Waals surface area (Å²) in [7, 11) is 1.84. The van der Waals surface area contributed by atoms with Gasteiger partial charge in [0.15, 0.2) is 6.10 Å². The largest absolute Gasteiger partial charge is 0.498 e. The number of unbranched alkanes of at least 4 members (excludes halogenated alkanes) is 28. The first kappa shape index (κ1) is 51.1. The number of phosphoric acid groups is 1. The third kappa shape index (κ3) is 41.9. The van der Waals surface area contributed by atoms with Crippen molar-refractivity contribution in [2.45, 2.75) is 213 Å². The molecule has 0 saturated heterocycles. The molecule has 8 heteroatoms. The molecule has 310 valence electrons. The lowest BCUT2D eigenvalue weighted by Gasteiger charge is -2.24. The molecule has 0 heterocycles. The lowest BCUT2D eigenvalue weighted by atomic mass is 10.0. The van der Waals surface area contributed by atoms with Gasteiger partial charge in [0.2, 0.25) is 0 Å². The van der Waals surface area contributed by atoms with E-state index < -0.39 is 13.9 Å². The van der Waals surface area contributed by atoms with Crippen LogP contribution in [0.15, 0.2) is 24.7 Å². The fourth-order valence-corrected chi connectivity index (χ4v) is 6.96. The van der Waals surface area contributed by atoms with Crippen LogP contribution in [0.1, 0.15) is 206 Å². The zero-order chi connectivity index (χ0) is 38.3. The van der Waals surface area contributed by atoms with Gasteiger partial charge in [0, 0.05) is 0 Å². The second-order valence-electron chi connectivity index (χ2n) is 16.2. The highest BCUT2D eigenvalue weighted by molar-refractivity contribution is 7.47. The molecular weight excluding hydrogens is 669 g/mol. The molecule has 0 amide bonds. The van der Waals surface area contributed by atoms with Gasteiger partial charge in [0.1, 0.15) is 19.8 Å². The van der Waals surface area contributed by atoms with Crippen molar-refractivity contribution in [2.75, 3.05) is 47.5 Å². The van der Waals surface area contributed by atoms with Crippen LogP contribution in [0, 0.1) is 0 Å². The van der Waals surface area contributed by atoms with E-state index in [9.17, 15) is 9.46 Å². The van der Waals surface area contributed by atoms with Crippen LogP contribution >= 0.6 is 7.82 Å². The van der Waals surface area contributed by atoms with Crippen LogP contribution in [0.25, 0.3) is 0 Å². The Balaban J connectivity index is 4.18. The minimum atomic E-state index is -4.18. The Morgan fingerprint density at radius 1 is 0.519 bits per heavy atom. The second-order valence-corrected chi connectivity index (χ2v) is 17.7. The molecule has 7 nitrogen and oxygen atoms in total. The van der Waals surface area contributed by atoms with Gasteiger partial charge >= 0.3 is 7.82 Å². The Morgan fingerprint density at radius 2 is 0.885 bits per heavy atom. The quantitative estimate of drug-likeness (QED) is 0.0289. The van der Waals surface area contributed by atoms with Crippen LogP contribution in [0.5, 0.6) is 0 Å². The summed E-state index contributed by atoms with van der Waals surface area (Å²) in [6, 6.07) is 0. The zero-order valence-electron chi connectivity index (χ0n) is 35.3. The molecule has 0 aromatic heterocycles. The molecule has 2 unspecified atom stereocenters. The fourth-order valence-electron chi connectivity index (χ4n) is 6.22. The third-order valence-electron chi connectivity index (χ3n) is 9.73. The van der Waals surface area contributed by atoms with Crippen molar-refractivity contribution in [3.8, 4) is 0 Å². The number of quaternary nitrogens is 1. The third-order valence-corrected chi connectivity index (χ3v) is 10.7. The first-order valence-corrected chi connectivity index (χ1v) is 23.7. The van der Waals surface area contributed by atoms with Crippen molar-refractivity contribution >= 4 is 7.82 Å². The van der Waals surface area contributed by atoms with Crippen LogP contribution in [0.4, 0.5) is 0 Å². The molecule has 0 radical (unpaired) electrons. The topological polar surface area (TPSA) is 74.2 Å². The van der Waals surface area contributed by atoms with E-state index in [2.05, 4.69) is 19.9 Å². The lowest BCUT2D eigenvalue weighted by Crippen LogP contribution is -2.37. The molecular formula is C44H89NO6P+. The van der Waals surface area contributed by atoms with Gasteiger partial charge in [0.25, 0.3) is 0 Å². The summed E-state index contributed by atoms with van der Waals surface area (Å²) in [6.07, 6.45) is 47.0. The molecule has 0 aliphatic heterocycles. The molecule has 0 aliphatic carbocycles. The second kappa shape index (κ2) is 38.4. The number of phosphoric ester groups is 1. The van der Waals surface area contributed by atoms with Gasteiger partial charge in [0.05, 0.1) is 40.3 Å². The van der Waals surface area contributed by atoms with E-state index >= 15 is 0 Å². The Kier molecular flexibility index (Phi) is 37.8. The number of hydrogen-bond acceptors (Lipinski definition) is 5. The molecule has 0 fully saturated rings. The fraction of sp³-hybridized carbons (Fsp3) is 0.909. The number of rotatable bonds is 42. The van der Waals surface area contributed by atoms with Crippen molar-refractivity contribution in [3.63, 3.8) is 0 Å². The highest BCUT2D eigenvalue weighted by Gasteiger charge is 2.25. The van der Waals surface area contributed by atoms with E-state index in [1.807, 2.05) is 27.2 Å². The van der Waals surface area contributed by atoms with Gasteiger partial charge in [-0.2, -0.15) is 0 Å². The molecule has 2 atom stereocenters. The molecule has 0 saturated carbocycles. The van der Waals surface area contributed by atoms with E-state index in [0.29, 0.717) is 11.0 Å². The molecule has 0 aromatic carbocycles. The standard InChI is InChI=1S/C44H88NO6P/c1-6-8-10-12-14-16-18-20-22-24-26-28-30-32-34-36-39-48-42-44(43-51-52(46,47)50-41-38-45(3,4)5)49-40-37-35-33-31-29-27-25-23-21-19-17-15-13-11-9-7-2/h36-37,39-40,44H,6-35,38,41-43H2,1-5H3/p+1. The first-order valence-electron chi connectivity index (χ1n) is 22.2. The van der Waals surface area contributed by atoms with E-state index in [1.54, 1.807) is 12.5 Å². The van der Waals surface area contributed by atoms with E-state index in [4.69, 9.17) is 18.5 Å². The number of hydrogen-bond donors (Lipinski definition) is 1. The van der Waals surface area contributed by atoms with Crippen LogP contribution in [-0.4, -0.2) is 63.0 Å². The van der Waals surface area contributed by atoms with Crippen molar-refractivity contribution in [1.29, 1.82) is 0 Å². The summed E-state index contributed by atoms with van der Waals surface area (Å²) in [5.41, 5.74) is 0. The number of allylic oxidation sites excluding steroid dienone is 2. The SMILES string of the molecule is CCCCCCCCCCCCCCCCC=COCC(COP(=O)(O)OCC[N+](C)(C)C)OC=CCCCCCCCCCCCCCCCC. The predicted molar refractivity (Wildman–Crippen MR) is 224 cm³/mol. The highest BCUT2D eigenvalue weighted by atomic mass is 31.2. The summed E-state index contributed by atoms with van der Waals surface area (Å²) in [6.45, 7) is 5.44. The summed E-state index contributed by atoms with van der Waals surface area (Å²) in [4.78, 5) is 10.2. The van der Waals surface area contributed by atoms with Crippen molar-refractivity contribution in [3.05, 3.63) is 24.7 Å². The molecule has 0 aromatic rings. The maximum Gasteiger partial charge on any atom is 0.472 e. The van der Waals surface area contributed by atoms with Crippen molar-refractivity contribution in [1.82, 2.24) is 0 Å². The number of ether oxygens (including phenoxy) is 2.